The van der Waals surface area contributed by atoms with Crippen molar-refractivity contribution < 1.29 is 9.13 Å². The van der Waals surface area contributed by atoms with Crippen molar-refractivity contribution in [3.8, 4) is 0 Å². The highest BCUT2D eigenvalue weighted by Gasteiger charge is 2.21. The van der Waals surface area contributed by atoms with E-state index in [-0.39, 0.29) is 11.9 Å². The summed E-state index contributed by atoms with van der Waals surface area (Å²) in [5, 5.41) is 12.9. The predicted octanol–water partition coefficient (Wildman–Crippen LogP) is 3.11. The van der Waals surface area contributed by atoms with Crippen LogP contribution in [0.15, 0.2) is 23.4 Å². The van der Waals surface area contributed by atoms with Crippen molar-refractivity contribution in [1.29, 1.82) is 0 Å². The van der Waals surface area contributed by atoms with Gasteiger partial charge < -0.3 is 4.74 Å². The Bertz CT molecular complexity index is 598. The van der Waals surface area contributed by atoms with E-state index in [9.17, 15) is 4.39 Å². The Morgan fingerprint density at radius 1 is 1.38 bits per heavy atom. The molecule has 0 bridgehead atoms. The third-order valence-electron chi connectivity index (χ3n) is 3.41. The molecule has 0 unspecified atom stereocenters. The Labute approximate surface area is 130 Å². The van der Waals surface area contributed by atoms with Gasteiger partial charge in [-0.3, -0.25) is 0 Å². The van der Waals surface area contributed by atoms with Crippen molar-refractivity contribution in [3.05, 3.63) is 34.6 Å². The van der Waals surface area contributed by atoms with E-state index in [1.807, 2.05) is 4.68 Å². The second kappa shape index (κ2) is 6.72. The topological polar surface area (TPSA) is 52.8 Å². The largest absolute Gasteiger partial charge is 0.381 e. The van der Waals surface area contributed by atoms with Gasteiger partial charge in [0.25, 0.3) is 0 Å². The molecule has 2 heterocycles. The van der Waals surface area contributed by atoms with E-state index < -0.39 is 0 Å². The van der Waals surface area contributed by atoms with Crippen LogP contribution in [0.3, 0.4) is 0 Å². The molecule has 0 amide bonds. The van der Waals surface area contributed by atoms with Crippen molar-refractivity contribution in [2.75, 3.05) is 13.2 Å². The smallest absolute Gasteiger partial charge is 0.209 e. The average molecular weight is 329 g/mol. The predicted molar refractivity (Wildman–Crippen MR) is 77.9 cm³/mol. The van der Waals surface area contributed by atoms with E-state index in [1.165, 1.54) is 17.8 Å². The monoisotopic (exact) mass is 328 g/mol. The van der Waals surface area contributed by atoms with Gasteiger partial charge in [-0.05, 0) is 35.4 Å². The van der Waals surface area contributed by atoms with Crippen LogP contribution in [0.25, 0.3) is 0 Å². The molecule has 0 atom stereocenters. The maximum atomic E-state index is 13.8. The molecule has 0 aliphatic carbocycles. The molecule has 112 valence electrons. The highest BCUT2D eigenvalue weighted by atomic mass is 35.5. The number of benzene rings is 1. The van der Waals surface area contributed by atoms with Gasteiger partial charge in [0.15, 0.2) is 0 Å². The van der Waals surface area contributed by atoms with Gasteiger partial charge in [0.05, 0.1) is 6.04 Å². The van der Waals surface area contributed by atoms with Crippen molar-refractivity contribution in [1.82, 2.24) is 20.2 Å². The van der Waals surface area contributed by atoms with Crippen LogP contribution in [0.4, 0.5) is 4.39 Å². The van der Waals surface area contributed by atoms with Crippen LogP contribution in [0.5, 0.6) is 0 Å². The summed E-state index contributed by atoms with van der Waals surface area (Å²) in [6.45, 7) is 1.43. The summed E-state index contributed by atoms with van der Waals surface area (Å²) in [5.41, 5.74) is 0.477. The lowest BCUT2D eigenvalue weighted by Crippen LogP contribution is -2.21. The first-order valence-corrected chi connectivity index (χ1v) is 8.03. The van der Waals surface area contributed by atoms with Gasteiger partial charge >= 0.3 is 0 Å². The lowest BCUT2D eigenvalue weighted by Gasteiger charge is -2.22. The van der Waals surface area contributed by atoms with E-state index in [1.54, 1.807) is 12.1 Å². The number of hydrogen-bond donors (Lipinski definition) is 0. The van der Waals surface area contributed by atoms with Gasteiger partial charge in [0, 0.05) is 29.6 Å². The molecule has 0 N–H and O–H groups in total. The Kier molecular flexibility index (Phi) is 4.72. The van der Waals surface area contributed by atoms with Crippen LogP contribution >= 0.6 is 23.4 Å². The van der Waals surface area contributed by atoms with Crippen molar-refractivity contribution in [3.63, 3.8) is 0 Å². The molecule has 1 aliphatic rings. The van der Waals surface area contributed by atoms with E-state index in [4.69, 9.17) is 16.3 Å². The lowest BCUT2D eigenvalue weighted by molar-refractivity contribution is 0.0631. The molecule has 3 rings (SSSR count). The van der Waals surface area contributed by atoms with Gasteiger partial charge in [0.2, 0.25) is 5.16 Å². The Hall–Kier alpha value is -1.18. The minimum atomic E-state index is -0.305. The SMILES string of the molecule is Fc1cccc(Cl)c1CSc1nnnn1C1CCOCC1. The summed E-state index contributed by atoms with van der Waals surface area (Å²) in [7, 11) is 0. The van der Waals surface area contributed by atoms with E-state index >= 15 is 0 Å². The standard InChI is InChI=1S/C13H14ClFN4OS/c14-11-2-1-3-12(15)10(11)8-21-13-16-17-18-19(13)9-4-6-20-7-5-9/h1-3,9H,4-8H2. The average Bonchev–Trinajstić information content (AvgIpc) is 2.96. The molecule has 1 saturated heterocycles. The van der Waals surface area contributed by atoms with E-state index in [0.717, 1.165) is 12.8 Å². The molecule has 5 nitrogen and oxygen atoms in total. The number of aromatic nitrogens is 4. The van der Waals surface area contributed by atoms with Crippen LogP contribution in [0.1, 0.15) is 24.4 Å². The van der Waals surface area contributed by atoms with Crippen LogP contribution in [0, 0.1) is 5.82 Å². The van der Waals surface area contributed by atoms with Crippen LogP contribution in [0.2, 0.25) is 5.02 Å². The number of nitrogens with zero attached hydrogens (tertiary/aromatic N) is 4. The summed E-state index contributed by atoms with van der Waals surface area (Å²) in [4.78, 5) is 0. The van der Waals surface area contributed by atoms with E-state index in [2.05, 4.69) is 15.5 Å². The molecule has 1 aromatic carbocycles. The fraction of sp³-hybridized carbons (Fsp3) is 0.462. The Morgan fingerprint density at radius 3 is 2.95 bits per heavy atom. The molecular weight excluding hydrogens is 315 g/mol. The van der Waals surface area contributed by atoms with Gasteiger partial charge in [-0.25, -0.2) is 9.07 Å². The van der Waals surface area contributed by atoms with Crippen LogP contribution in [-0.2, 0) is 10.5 Å². The fourth-order valence-corrected chi connectivity index (χ4v) is 3.53. The van der Waals surface area contributed by atoms with Gasteiger partial charge in [-0.15, -0.1) is 5.10 Å². The molecule has 21 heavy (non-hydrogen) atoms. The van der Waals surface area contributed by atoms with Gasteiger partial charge in [-0.2, -0.15) is 0 Å². The van der Waals surface area contributed by atoms with Crippen LogP contribution < -0.4 is 0 Å². The zero-order chi connectivity index (χ0) is 14.7. The molecule has 0 saturated carbocycles. The number of tetrazole rings is 1. The summed E-state index contributed by atoms with van der Waals surface area (Å²) in [5.74, 6) is 0.0924. The Morgan fingerprint density at radius 2 is 2.19 bits per heavy atom. The van der Waals surface area contributed by atoms with Crippen molar-refractivity contribution in [2.24, 2.45) is 0 Å². The second-order valence-corrected chi connectivity index (χ2v) is 6.09. The highest BCUT2D eigenvalue weighted by Crippen LogP contribution is 2.30. The molecule has 0 spiro atoms. The molecule has 1 fully saturated rings. The first-order valence-electron chi connectivity index (χ1n) is 6.67. The number of rotatable bonds is 4. The summed E-state index contributed by atoms with van der Waals surface area (Å²) < 4.78 is 20.9. The molecule has 2 aromatic rings. The zero-order valence-electron chi connectivity index (χ0n) is 11.2. The molecule has 8 heteroatoms. The Balaban J connectivity index is 1.72. The van der Waals surface area contributed by atoms with E-state index in [0.29, 0.717) is 34.7 Å². The summed E-state index contributed by atoms with van der Waals surface area (Å²) >= 11 is 7.42. The molecule has 1 aliphatic heterocycles. The maximum absolute atomic E-state index is 13.8. The lowest BCUT2D eigenvalue weighted by atomic mass is 10.1. The van der Waals surface area contributed by atoms with Gasteiger partial charge in [-0.1, -0.05) is 29.4 Å². The number of hydrogen-bond acceptors (Lipinski definition) is 5. The van der Waals surface area contributed by atoms with Crippen molar-refractivity contribution >= 4 is 23.4 Å². The summed E-state index contributed by atoms with van der Waals surface area (Å²) in [6.07, 6.45) is 1.78. The third-order valence-corrected chi connectivity index (χ3v) is 4.72. The first-order chi connectivity index (χ1) is 10.3. The number of halogens is 2. The maximum Gasteiger partial charge on any atom is 0.209 e. The quantitative estimate of drug-likeness (QED) is 0.807. The molecule has 1 aromatic heterocycles. The summed E-state index contributed by atoms with van der Waals surface area (Å²) in [6, 6.07) is 4.93. The second-order valence-electron chi connectivity index (χ2n) is 4.74. The minimum Gasteiger partial charge on any atom is -0.381 e. The first kappa shape index (κ1) is 14.7. The fourth-order valence-electron chi connectivity index (χ4n) is 2.25. The third kappa shape index (κ3) is 3.36. The van der Waals surface area contributed by atoms with Crippen molar-refractivity contribution in [2.45, 2.75) is 29.8 Å². The molecule has 0 radical (unpaired) electrons. The number of ether oxygens (including phenoxy) is 1. The zero-order valence-corrected chi connectivity index (χ0v) is 12.8. The number of thioether (sulfide) groups is 1. The highest BCUT2D eigenvalue weighted by molar-refractivity contribution is 7.98. The molecular formula is C13H14ClFN4OS. The minimum absolute atomic E-state index is 0.243. The van der Waals surface area contributed by atoms with Crippen LogP contribution in [-0.4, -0.2) is 33.4 Å². The normalized spacial score (nSPS) is 16.3. The van der Waals surface area contributed by atoms with Gasteiger partial charge in [0.1, 0.15) is 5.82 Å².